The third kappa shape index (κ3) is 2.03. The Morgan fingerprint density at radius 1 is 1.27 bits per heavy atom. The molecule has 0 spiro atoms. The van der Waals surface area contributed by atoms with E-state index in [1.807, 2.05) is 7.05 Å². The third-order valence-electron chi connectivity index (χ3n) is 3.12. The summed E-state index contributed by atoms with van der Waals surface area (Å²) in [4.78, 5) is 0. The van der Waals surface area contributed by atoms with Gasteiger partial charge < -0.3 is 5.32 Å². The van der Waals surface area contributed by atoms with Crippen LogP contribution in [0.1, 0.15) is 35.6 Å². The lowest BCUT2D eigenvalue weighted by Crippen LogP contribution is -2.15. The number of nitrogens with zero attached hydrogens (tertiary/aromatic N) is 1. The van der Waals surface area contributed by atoms with Gasteiger partial charge in [-0.2, -0.15) is 5.26 Å². The zero-order valence-corrected chi connectivity index (χ0v) is 9.09. The van der Waals surface area contributed by atoms with Crippen LogP contribution in [-0.4, -0.2) is 7.05 Å². The summed E-state index contributed by atoms with van der Waals surface area (Å²) in [6.45, 7) is 0. The van der Waals surface area contributed by atoms with Crippen LogP contribution in [0.2, 0.25) is 0 Å². The molecule has 1 aromatic rings. The van der Waals surface area contributed by atoms with Gasteiger partial charge in [-0.25, -0.2) is 0 Å². The Kier molecular flexibility index (Phi) is 3.03. The normalized spacial score (nSPS) is 16.5. The Hall–Kier alpha value is -1.33. The van der Waals surface area contributed by atoms with E-state index in [0.29, 0.717) is 0 Å². The van der Waals surface area contributed by atoms with Crippen LogP contribution < -0.4 is 5.32 Å². The summed E-state index contributed by atoms with van der Waals surface area (Å²) in [7, 11) is 1.83. The minimum absolute atomic E-state index is 0.169. The van der Waals surface area contributed by atoms with Gasteiger partial charge in [0.2, 0.25) is 0 Å². The second kappa shape index (κ2) is 4.46. The molecule has 1 N–H and O–H groups in total. The molecule has 0 fully saturated rings. The van der Waals surface area contributed by atoms with Crippen LogP contribution in [0.15, 0.2) is 18.2 Å². The summed E-state index contributed by atoms with van der Waals surface area (Å²) < 4.78 is 0. The number of hydrogen-bond donors (Lipinski definition) is 1. The maximum absolute atomic E-state index is 8.97. The lowest BCUT2D eigenvalue weighted by atomic mass is 9.89. The Morgan fingerprint density at radius 2 is 2.00 bits per heavy atom. The number of hydrogen-bond acceptors (Lipinski definition) is 2. The lowest BCUT2D eigenvalue weighted by molar-refractivity contribution is 0.677. The zero-order valence-electron chi connectivity index (χ0n) is 9.09. The number of aryl methyl sites for hydroxylation is 2. The van der Waals surface area contributed by atoms with E-state index < -0.39 is 0 Å². The minimum atomic E-state index is -0.169. The van der Waals surface area contributed by atoms with Crippen molar-refractivity contribution in [1.29, 1.82) is 5.26 Å². The quantitative estimate of drug-likeness (QED) is 0.795. The fourth-order valence-electron chi connectivity index (χ4n) is 2.24. The number of nitrogens with one attached hydrogen (secondary N) is 1. The number of fused-ring (bicyclic) bond motifs is 1. The van der Waals surface area contributed by atoms with Gasteiger partial charge in [0.15, 0.2) is 0 Å². The van der Waals surface area contributed by atoms with Gasteiger partial charge in [0.1, 0.15) is 6.04 Å². The van der Waals surface area contributed by atoms with E-state index in [1.165, 1.54) is 36.8 Å². The molecule has 0 aromatic heterocycles. The van der Waals surface area contributed by atoms with Crippen molar-refractivity contribution in [1.82, 2.24) is 5.32 Å². The predicted molar refractivity (Wildman–Crippen MR) is 60.5 cm³/mol. The molecule has 2 heteroatoms. The molecule has 0 aliphatic heterocycles. The topological polar surface area (TPSA) is 35.8 Å². The monoisotopic (exact) mass is 200 g/mol. The molecule has 78 valence electrons. The molecule has 2 rings (SSSR count). The first-order valence-electron chi connectivity index (χ1n) is 5.53. The second-order valence-electron chi connectivity index (χ2n) is 4.09. The summed E-state index contributed by atoms with van der Waals surface area (Å²) >= 11 is 0. The smallest absolute Gasteiger partial charge is 0.121 e. The Morgan fingerprint density at radius 3 is 2.67 bits per heavy atom. The highest BCUT2D eigenvalue weighted by atomic mass is 14.9. The van der Waals surface area contributed by atoms with Crippen molar-refractivity contribution < 1.29 is 0 Å². The summed E-state index contributed by atoms with van der Waals surface area (Å²) in [6.07, 6.45) is 4.96. The first kappa shape index (κ1) is 10.2. The van der Waals surface area contributed by atoms with Crippen molar-refractivity contribution in [3.8, 4) is 6.07 Å². The van der Waals surface area contributed by atoms with Crippen LogP contribution in [0.5, 0.6) is 0 Å². The van der Waals surface area contributed by atoms with E-state index in [2.05, 4.69) is 29.6 Å². The summed E-state index contributed by atoms with van der Waals surface area (Å²) in [5.41, 5.74) is 4.01. The maximum atomic E-state index is 8.97. The molecule has 2 nitrogen and oxygen atoms in total. The minimum Gasteiger partial charge on any atom is -0.301 e. The first-order valence-corrected chi connectivity index (χ1v) is 5.53. The van der Waals surface area contributed by atoms with Crippen molar-refractivity contribution >= 4 is 0 Å². The van der Waals surface area contributed by atoms with Gasteiger partial charge in [0, 0.05) is 0 Å². The van der Waals surface area contributed by atoms with Gasteiger partial charge in [-0.05, 0) is 49.4 Å². The van der Waals surface area contributed by atoms with Gasteiger partial charge in [-0.1, -0.05) is 18.2 Å². The Balaban J connectivity index is 2.32. The van der Waals surface area contributed by atoms with E-state index in [9.17, 15) is 0 Å². The highest BCUT2D eigenvalue weighted by Crippen LogP contribution is 2.24. The van der Waals surface area contributed by atoms with Gasteiger partial charge >= 0.3 is 0 Å². The Labute approximate surface area is 90.9 Å². The highest BCUT2D eigenvalue weighted by molar-refractivity contribution is 5.36. The molecule has 0 radical (unpaired) electrons. The molecule has 0 saturated carbocycles. The van der Waals surface area contributed by atoms with Crippen molar-refractivity contribution in [2.24, 2.45) is 0 Å². The summed E-state index contributed by atoms with van der Waals surface area (Å²) in [5.74, 6) is 0. The highest BCUT2D eigenvalue weighted by Gasteiger charge is 2.13. The molecule has 0 heterocycles. The average Bonchev–Trinajstić information content (AvgIpc) is 2.30. The molecule has 1 aliphatic rings. The van der Waals surface area contributed by atoms with Gasteiger partial charge in [0.05, 0.1) is 6.07 Å². The standard InChI is InChI=1S/C13H16N2/c1-15-13(9-14)12-7-6-10-4-2-3-5-11(10)8-12/h6-8,13,15H,2-5H2,1H3. The number of nitriles is 1. The van der Waals surface area contributed by atoms with E-state index in [0.717, 1.165) is 5.56 Å². The zero-order chi connectivity index (χ0) is 10.7. The molecule has 1 atom stereocenters. The first-order chi connectivity index (χ1) is 7.35. The fourth-order valence-corrected chi connectivity index (χ4v) is 2.24. The van der Waals surface area contributed by atoms with E-state index in [4.69, 9.17) is 5.26 Å². The van der Waals surface area contributed by atoms with Crippen LogP contribution in [0.25, 0.3) is 0 Å². The maximum Gasteiger partial charge on any atom is 0.121 e. The average molecular weight is 200 g/mol. The van der Waals surface area contributed by atoms with Crippen molar-refractivity contribution in [2.45, 2.75) is 31.7 Å². The molecular formula is C13H16N2. The van der Waals surface area contributed by atoms with Gasteiger partial charge in [0.25, 0.3) is 0 Å². The summed E-state index contributed by atoms with van der Waals surface area (Å²) in [6, 6.07) is 8.55. The molecule has 1 unspecified atom stereocenters. The Bertz CT molecular complexity index is 390. The second-order valence-corrected chi connectivity index (χ2v) is 4.09. The van der Waals surface area contributed by atoms with Crippen LogP contribution in [0.3, 0.4) is 0 Å². The lowest BCUT2D eigenvalue weighted by Gasteiger charge is -2.18. The number of benzene rings is 1. The van der Waals surface area contributed by atoms with E-state index in [-0.39, 0.29) is 6.04 Å². The molecule has 0 saturated heterocycles. The van der Waals surface area contributed by atoms with E-state index in [1.54, 1.807) is 0 Å². The van der Waals surface area contributed by atoms with E-state index >= 15 is 0 Å². The van der Waals surface area contributed by atoms with Crippen molar-refractivity contribution in [3.63, 3.8) is 0 Å². The summed E-state index contributed by atoms with van der Waals surface area (Å²) in [5, 5.41) is 12.0. The van der Waals surface area contributed by atoms with Crippen molar-refractivity contribution in [3.05, 3.63) is 34.9 Å². The number of rotatable bonds is 2. The molecule has 15 heavy (non-hydrogen) atoms. The predicted octanol–water partition coefficient (Wildman–Crippen LogP) is 2.35. The molecular weight excluding hydrogens is 184 g/mol. The largest absolute Gasteiger partial charge is 0.301 e. The van der Waals surface area contributed by atoms with Gasteiger partial charge in [-0.3, -0.25) is 0 Å². The third-order valence-corrected chi connectivity index (χ3v) is 3.12. The fraction of sp³-hybridized carbons (Fsp3) is 0.462. The molecule has 0 bridgehead atoms. The molecule has 1 aliphatic carbocycles. The SMILES string of the molecule is CNC(C#N)c1ccc2c(c1)CCCC2. The molecule has 1 aromatic carbocycles. The van der Waals surface area contributed by atoms with Gasteiger partial charge in [-0.15, -0.1) is 0 Å². The van der Waals surface area contributed by atoms with Crippen LogP contribution >= 0.6 is 0 Å². The molecule has 0 amide bonds. The van der Waals surface area contributed by atoms with Crippen LogP contribution in [0, 0.1) is 11.3 Å². The van der Waals surface area contributed by atoms with Crippen LogP contribution in [0.4, 0.5) is 0 Å². The van der Waals surface area contributed by atoms with Crippen molar-refractivity contribution in [2.75, 3.05) is 7.05 Å². The van der Waals surface area contributed by atoms with Crippen LogP contribution in [-0.2, 0) is 12.8 Å².